The molecule has 0 aliphatic carbocycles. The van der Waals surface area contributed by atoms with Crippen LogP contribution in [-0.2, 0) is 34.7 Å². The van der Waals surface area contributed by atoms with E-state index >= 15 is 0 Å². The van der Waals surface area contributed by atoms with Crippen molar-refractivity contribution in [1.29, 1.82) is 0 Å². The smallest absolute Gasteiger partial charge is 0.343 e. The molecule has 2 aliphatic rings. The quantitative estimate of drug-likeness (QED) is 0.381. The Morgan fingerprint density at radius 3 is 2.68 bits per heavy atom. The highest BCUT2D eigenvalue weighted by Crippen LogP contribution is 2.44. The van der Waals surface area contributed by atoms with Crippen molar-refractivity contribution in [2.45, 2.75) is 45.4 Å². The molecule has 0 fully saturated rings. The van der Waals surface area contributed by atoms with Gasteiger partial charge in [0.15, 0.2) is 5.60 Å². The van der Waals surface area contributed by atoms with Crippen molar-refractivity contribution in [3.63, 3.8) is 0 Å². The number of carbonyl (C=O) groups excluding carboxylic acids is 1. The van der Waals surface area contributed by atoms with Crippen LogP contribution in [0.5, 0.6) is 5.75 Å². The van der Waals surface area contributed by atoms with E-state index in [0.717, 1.165) is 16.5 Å². The maximum absolute atomic E-state index is 13.4. The number of phenolic OH excluding ortho intramolecular Hbond substituents is 1. The fourth-order valence-corrected chi connectivity index (χ4v) is 5.27. The normalized spacial score (nSPS) is 18.4. The number of fused-ring (bicyclic) bond motifs is 5. The van der Waals surface area contributed by atoms with Gasteiger partial charge in [-0.25, -0.2) is 9.78 Å². The maximum Gasteiger partial charge on any atom is 0.343 e. The predicted octanol–water partition coefficient (Wildman–Crippen LogP) is 1.78. The number of hydrogen-bond acceptors (Lipinski definition) is 8. The number of anilines is 1. The van der Waals surface area contributed by atoms with Crippen LogP contribution in [0.4, 0.5) is 5.69 Å². The average Bonchev–Trinajstić information content (AvgIpc) is 3.19. The predicted molar refractivity (Wildman–Crippen MR) is 126 cm³/mol. The summed E-state index contributed by atoms with van der Waals surface area (Å²) >= 11 is 0. The summed E-state index contributed by atoms with van der Waals surface area (Å²) in [5.74, 6) is -0.662. The summed E-state index contributed by atoms with van der Waals surface area (Å²) in [7, 11) is 1.80. The second-order valence-electron chi connectivity index (χ2n) is 8.85. The maximum atomic E-state index is 13.4. The molecule has 3 aromatic rings. The summed E-state index contributed by atoms with van der Waals surface area (Å²) in [5, 5.41) is 32.0. The molecule has 34 heavy (non-hydrogen) atoms. The van der Waals surface area contributed by atoms with Crippen LogP contribution in [0.15, 0.2) is 23.0 Å². The number of aliphatic hydroxyl groups excluding tert-OH is 1. The van der Waals surface area contributed by atoms with Crippen LogP contribution in [0.1, 0.15) is 42.5 Å². The summed E-state index contributed by atoms with van der Waals surface area (Å²) in [5.41, 5.74) is 2.61. The third-order valence-electron chi connectivity index (χ3n) is 7.09. The highest BCUT2D eigenvalue weighted by molar-refractivity contribution is 6.00. The lowest BCUT2D eigenvalue weighted by atomic mass is 9.86. The summed E-state index contributed by atoms with van der Waals surface area (Å²) in [6.45, 7) is 4.07. The summed E-state index contributed by atoms with van der Waals surface area (Å²) < 4.78 is 6.75. The van der Waals surface area contributed by atoms with E-state index in [-0.39, 0.29) is 42.1 Å². The molecule has 0 unspecified atom stereocenters. The topological polar surface area (TPSA) is 125 Å². The Balaban J connectivity index is 1.81. The van der Waals surface area contributed by atoms with Gasteiger partial charge in [0.25, 0.3) is 5.56 Å². The first kappa shape index (κ1) is 22.4. The van der Waals surface area contributed by atoms with Gasteiger partial charge >= 0.3 is 5.97 Å². The molecule has 1 atom stereocenters. The van der Waals surface area contributed by atoms with Gasteiger partial charge in [-0.2, -0.15) is 0 Å². The number of pyridine rings is 2. The van der Waals surface area contributed by atoms with Gasteiger partial charge in [0.2, 0.25) is 0 Å². The number of cyclic esters (lactones) is 1. The van der Waals surface area contributed by atoms with Crippen LogP contribution in [0.3, 0.4) is 0 Å². The van der Waals surface area contributed by atoms with Crippen LogP contribution in [0.2, 0.25) is 0 Å². The van der Waals surface area contributed by atoms with Gasteiger partial charge in [-0.05, 0) is 36.6 Å². The van der Waals surface area contributed by atoms with E-state index in [1.807, 2.05) is 6.92 Å². The Morgan fingerprint density at radius 2 is 2.00 bits per heavy atom. The van der Waals surface area contributed by atoms with Gasteiger partial charge < -0.3 is 29.5 Å². The summed E-state index contributed by atoms with van der Waals surface area (Å²) in [6.07, 6.45) is 0.716. The standard InChI is InChI=1S/C25H27N3O6/c1-4-13-14-11-28-18(10-16-15(23(28)31)12-34-24(32)25(16,33)5-2)21(14)26-17-6-7-19(30)22(20(13)17)27(3)8-9-29/h6-7,10,29-30,33H,4-5,8-9,11-12H2,1-3H3/t25-/m0/s1. The van der Waals surface area contributed by atoms with Crippen molar-refractivity contribution in [2.24, 2.45) is 0 Å². The van der Waals surface area contributed by atoms with Crippen LogP contribution in [0.25, 0.3) is 22.3 Å². The molecule has 9 nitrogen and oxygen atoms in total. The Kier molecular flexibility index (Phi) is 5.14. The lowest BCUT2D eigenvalue weighted by molar-refractivity contribution is -0.172. The molecular formula is C25H27N3O6. The Morgan fingerprint density at radius 1 is 1.24 bits per heavy atom. The van der Waals surface area contributed by atoms with E-state index in [0.29, 0.717) is 42.1 Å². The molecule has 0 saturated heterocycles. The second kappa shape index (κ2) is 7.82. The lowest BCUT2D eigenvalue weighted by Crippen LogP contribution is -2.44. The highest BCUT2D eigenvalue weighted by Gasteiger charge is 2.45. The van der Waals surface area contributed by atoms with Gasteiger partial charge in [0.05, 0.1) is 41.3 Å². The van der Waals surface area contributed by atoms with Gasteiger partial charge in [-0.15, -0.1) is 0 Å². The fourth-order valence-electron chi connectivity index (χ4n) is 5.27. The number of carbonyl (C=O) groups is 1. The number of likely N-dealkylation sites (N-methyl/N-ethyl adjacent to an activating group) is 1. The number of aryl methyl sites for hydroxylation is 1. The van der Waals surface area contributed by atoms with Crippen LogP contribution < -0.4 is 10.5 Å². The van der Waals surface area contributed by atoms with Gasteiger partial charge in [-0.3, -0.25) is 4.79 Å². The van der Waals surface area contributed by atoms with E-state index in [4.69, 9.17) is 9.72 Å². The third-order valence-corrected chi connectivity index (χ3v) is 7.09. The van der Waals surface area contributed by atoms with Crippen molar-refractivity contribution in [3.05, 3.63) is 50.8 Å². The summed E-state index contributed by atoms with van der Waals surface area (Å²) in [6, 6.07) is 5.01. The Bertz CT molecular complexity index is 1410. The van der Waals surface area contributed by atoms with Gasteiger partial charge in [0.1, 0.15) is 12.4 Å². The second-order valence-corrected chi connectivity index (χ2v) is 8.85. The van der Waals surface area contributed by atoms with Crippen molar-refractivity contribution in [2.75, 3.05) is 25.1 Å². The van der Waals surface area contributed by atoms with Crippen LogP contribution in [-0.4, -0.2) is 51.0 Å². The molecule has 5 rings (SSSR count). The van der Waals surface area contributed by atoms with Gasteiger partial charge in [0, 0.05) is 30.1 Å². The van der Waals surface area contributed by atoms with E-state index < -0.39 is 11.6 Å². The first-order valence-electron chi connectivity index (χ1n) is 11.4. The van der Waals surface area contributed by atoms with E-state index in [9.17, 15) is 24.9 Å². The number of aromatic nitrogens is 2. The SMILES string of the molecule is CCc1c2c(nc3ccc(O)c(N(C)CCO)c13)-c1cc3c(c(=O)n1C2)COC(=O)[C@]3(O)CC. The largest absolute Gasteiger partial charge is 0.506 e. The molecule has 1 aromatic carbocycles. The molecule has 0 amide bonds. The zero-order valence-corrected chi connectivity index (χ0v) is 19.4. The van der Waals surface area contributed by atoms with Crippen molar-refractivity contribution in [3.8, 4) is 17.1 Å². The average molecular weight is 466 g/mol. The number of aliphatic hydroxyl groups is 2. The van der Waals surface area contributed by atoms with Crippen molar-refractivity contribution in [1.82, 2.24) is 9.55 Å². The number of phenols is 1. The molecule has 178 valence electrons. The zero-order valence-electron chi connectivity index (χ0n) is 19.4. The lowest BCUT2D eigenvalue weighted by Gasteiger charge is -2.31. The first-order chi connectivity index (χ1) is 16.3. The number of hydrogen-bond donors (Lipinski definition) is 3. The van der Waals surface area contributed by atoms with Crippen LogP contribution in [0, 0.1) is 0 Å². The molecule has 2 aliphatic heterocycles. The fraction of sp³-hybridized carbons (Fsp3) is 0.400. The monoisotopic (exact) mass is 465 g/mol. The first-order valence-corrected chi connectivity index (χ1v) is 11.4. The van der Waals surface area contributed by atoms with E-state index in [1.54, 1.807) is 41.6 Å². The third kappa shape index (κ3) is 2.90. The van der Waals surface area contributed by atoms with Crippen molar-refractivity contribution >= 4 is 22.6 Å². The Labute approximate surface area is 195 Å². The number of benzene rings is 1. The molecule has 0 spiro atoms. The minimum Gasteiger partial charge on any atom is -0.506 e. The molecule has 9 heteroatoms. The molecule has 4 heterocycles. The van der Waals surface area contributed by atoms with Crippen molar-refractivity contribution < 1.29 is 24.9 Å². The molecular weight excluding hydrogens is 438 g/mol. The molecule has 0 radical (unpaired) electrons. The van der Waals surface area contributed by atoms with E-state index in [1.165, 1.54) is 0 Å². The summed E-state index contributed by atoms with van der Waals surface area (Å²) in [4.78, 5) is 32.5. The van der Waals surface area contributed by atoms with Gasteiger partial charge in [-0.1, -0.05) is 13.8 Å². The zero-order chi connectivity index (χ0) is 24.4. The number of rotatable bonds is 5. The highest BCUT2D eigenvalue weighted by atomic mass is 16.6. The minimum absolute atomic E-state index is 0.0698. The number of aromatic hydroxyl groups is 1. The molecule has 2 aromatic heterocycles. The Hall–Kier alpha value is -3.43. The molecule has 0 bridgehead atoms. The minimum atomic E-state index is -1.87. The number of ether oxygens (including phenoxy) is 1. The number of esters is 1. The van der Waals surface area contributed by atoms with Crippen LogP contribution >= 0.6 is 0 Å². The molecule has 3 N–H and O–H groups in total. The molecule has 0 saturated carbocycles. The van der Waals surface area contributed by atoms with E-state index in [2.05, 4.69) is 0 Å². The number of nitrogens with zero attached hydrogens (tertiary/aromatic N) is 3.